The average Bonchev–Trinajstić information content (AvgIpc) is 3.50. The van der Waals surface area contributed by atoms with Crippen LogP contribution >= 0.6 is 23.1 Å². The monoisotopic (exact) mass is 507 g/mol. The van der Waals surface area contributed by atoms with Crippen LogP contribution in [0.4, 0.5) is 5.13 Å². The van der Waals surface area contributed by atoms with Crippen LogP contribution in [0, 0.1) is 6.92 Å². The Balaban J connectivity index is 1.34. The molecule has 7 nitrogen and oxygen atoms in total. The van der Waals surface area contributed by atoms with Crippen molar-refractivity contribution in [3.8, 4) is 17.0 Å². The Hall–Kier alpha value is -3.17. The number of carbonyl (C=O) groups is 1. The largest absolute Gasteiger partial charge is 0.483 e. The third-order valence-electron chi connectivity index (χ3n) is 5.50. The standard InChI is InChI=1S/C26H29N5O2S2/c1-5-19-9-13-21(14-10-19)33-18(4)24-29-30-26(31(24)6-2)35-16-23(32)28-25-27-22(15-34-25)20-11-7-17(3)8-12-20/h7-15,18H,5-6,16H2,1-4H3,(H,27,28,32). The molecule has 4 rings (SSSR count). The van der Waals surface area contributed by atoms with Gasteiger partial charge in [-0.1, -0.05) is 60.6 Å². The first-order valence-corrected chi connectivity index (χ1v) is 13.5. The summed E-state index contributed by atoms with van der Waals surface area (Å²) in [4.78, 5) is 17.1. The van der Waals surface area contributed by atoms with Gasteiger partial charge in [0, 0.05) is 17.5 Å². The lowest BCUT2D eigenvalue weighted by molar-refractivity contribution is -0.113. The molecule has 0 radical (unpaired) electrons. The van der Waals surface area contributed by atoms with E-state index in [2.05, 4.69) is 58.6 Å². The highest BCUT2D eigenvalue weighted by atomic mass is 32.2. The Labute approximate surface area is 214 Å². The van der Waals surface area contributed by atoms with E-state index in [1.807, 2.05) is 48.1 Å². The van der Waals surface area contributed by atoms with Gasteiger partial charge >= 0.3 is 0 Å². The summed E-state index contributed by atoms with van der Waals surface area (Å²) >= 11 is 2.77. The quantitative estimate of drug-likeness (QED) is 0.259. The maximum Gasteiger partial charge on any atom is 0.236 e. The summed E-state index contributed by atoms with van der Waals surface area (Å²) in [5.74, 6) is 1.61. The van der Waals surface area contributed by atoms with Crippen LogP contribution in [-0.4, -0.2) is 31.4 Å². The van der Waals surface area contributed by atoms with Crippen LogP contribution in [0.3, 0.4) is 0 Å². The predicted molar refractivity (Wildman–Crippen MR) is 142 cm³/mol. The molecule has 9 heteroatoms. The Bertz CT molecular complexity index is 1270. The van der Waals surface area contributed by atoms with Crippen LogP contribution in [0.15, 0.2) is 59.1 Å². The van der Waals surface area contributed by atoms with Crippen LogP contribution < -0.4 is 10.1 Å². The van der Waals surface area contributed by atoms with Gasteiger partial charge in [0.05, 0.1) is 11.4 Å². The lowest BCUT2D eigenvalue weighted by Crippen LogP contribution is -2.15. The van der Waals surface area contributed by atoms with Crippen LogP contribution in [0.5, 0.6) is 5.75 Å². The van der Waals surface area contributed by atoms with Crippen molar-refractivity contribution in [2.24, 2.45) is 0 Å². The average molecular weight is 508 g/mol. The number of benzene rings is 2. The van der Waals surface area contributed by atoms with Crippen LogP contribution in [0.1, 0.15) is 43.8 Å². The molecule has 0 aliphatic carbocycles. The number of amides is 1. The van der Waals surface area contributed by atoms with E-state index in [1.165, 1.54) is 34.2 Å². The second-order valence-electron chi connectivity index (χ2n) is 8.08. The number of thiazole rings is 1. The van der Waals surface area contributed by atoms with E-state index in [9.17, 15) is 4.79 Å². The molecule has 2 aromatic carbocycles. The molecule has 4 aromatic rings. The number of rotatable bonds is 10. The normalized spacial score (nSPS) is 11.9. The zero-order valence-corrected chi connectivity index (χ0v) is 21.9. The molecule has 0 spiro atoms. The summed E-state index contributed by atoms with van der Waals surface area (Å²) in [6.45, 7) is 8.85. The van der Waals surface area contributed by atoms with Gasteiger partial charge in [-0.15, -0.1) is 21.5 Å². The van der Waals surface area contributed by atoms with Crippen LogP contribution in [-0.2, 0) is 17.8 Å². The fraction of sp³-hybridized carbons (Fsp3) is 0.308. The molecule has 2 heterocycles. The Morgan fingerprint density at radius 2 is 1.86 bits per heavy atom. The van der Waals surface area contributed by atoms with Gasteiger partial charge in [0.25, 0.3) is 0 Å². The van der Waals surface area contributed by atoms with E-state index in [4.69, 9.17) is 4.74 Å². The highest BCUT2D eigenvalue weighted by molar-refractivity contribution is 7.99. The van der Waals surface area contributed by atoms with Gasteiger partial charge in [-0.3, -0.25) is 4.79 Å². The van der Waals surface area contributed by atoms with E-state index in [0.29, 0.717) is 16.8 Å². The number of hydrogen-bond donors (Lipinski definition) is 1. The number of nitrogens with zero attached hydrogens (tertiary/aromatic N) is 4. The number of nitrogens with one attached hydrogen (secondary N) is 1. The van der Waals surface area contributed by atoms with E-state index in [0.717, 1.165) is 29.3 Å². The van der Waals surface area contributed by atoms with Crippen molar-refractivity contribution >= 4 is 34.1 Å². The Morgan fingerprint density at radius 3 is 2.54 bits per heavy atom. The molecular weight excluding hydrogens is 478 g/mol. The zero-order valence-electron chi connectivity index (χ0n) is 20.3. The number of hydrogen-bond acceptors (Lipinski definition) is 7. The minimum atomic E-state index is -0.270. The second kappa shape index (κ2) is 11.5. The maximum absolute atomic E-state index is 12.6. The van der Waals surface area contributed by atoms with Crippen molar-refractivity contribution in [2.45, 2.75) is 51.9 Å². The first-order chi connectivity index (χ1) is 17.0. The van der Waals surface area contributed by atoms with Gasteiger partial charge in [-0.25, -0.2) is 4.98 Å². The number of aryl methyl sites for hydroxylation is 2. The lowest BCUT2D eigenvalue weighted by atomic mass is 10.1. The van der Waals surface area contributed by atoms with Crippen molar-refractivity contribution in [1.82, 2.24) is 19.7 Å². The molecule has 182 valence electrons. The van der Waals surface area contributed by atoms with Crippen LogP contribution in [0.2, 0.25) is 0 Å². The second-order valence-corrected chi connectivity index (χ2v) is 9.88. The third kappa shape index (κ3) is 6.29. The van der Waals surface area contributed by atoms with Gasteiger partial charge < -0.3 is 14.6 Å². The molecule has 0 aliphatic rings. The smallest absolute Gasteiger partial charge is 0.236 e. The first kappa shape index (κ1) is 24.9. The Morgan fingerprint density at radius 1 is 1.11 bits per heavy atom. The lowest BCUT2D eigenvalue weighted by Gasteiger charge is -2.15. The van der Waals surface area contributed by atoms with Gasteiger partial charge in [0.15, 0.2) is 22.2 Å². The van der Waals surface area contributed by atoms with Gasteiger partial charge in [0.1, 0.15) is 5.75 Å². The zero-order chi connectivity index (χ0) is 24.8. The molecular formula is C26H29N5O2S2. The van der Waals surface area contributed by atoms with E-state index in [1.54, 1.807) is 0 Å². The first-order valence-electron chi connectivity index (χ1n) is 11.6. The molecule has 1 unspecified atom stereocenters. The molecule has 2 aromatic heterocycles. The minimum Gasteiger partial charge on any atom is -0.483 e. The molecule has 0 saturated heterocycles. The molecule has 1 amide bonds. The molecule has 1 atom stereocenters. The molecule has 35 heavy (non-hydrogen) atoms. The van der Waals surface area contributed by atoms with Crippen molar-refractivity contribution in [2.75, 3.05) is 11.1 Å². The molecule has 0 fully saturated rings. The summed E-state index contributed by atoms with van der Waals surface area (Å²) < 4.78 is 8.07. The topological polar surface area (TPSA) is 81.9 Å². The molecule has 0 bridgehead atoms. The van der Waals surface area contributed by atoms with Crippen molar-refractivity contribution in [3.63, 3.8) is 0 Å². The summed E-state index contributed by atoms with van der Waals surface area (Å²) in [6, 6.07) is 16.3. The summed E-state index contributed by atoms with van der Waals surface area (Å²) in [7, 11) is 0. The van der Waals surface area contributed by atoms with Crippen molar-refractivity contribution in [1.29, 1.82) is 0 Å². The summed E-state index contributed by atoms with van der Waals surface area (Å²) in [5, 5.41) is 14.8. The summed E-state index contributed by atoms with van der Waals surface area (Å²) in [5.41, 5.74) is 4.35. The SMILES string of the molecule is CCc1ccc(OC(C)c2nnc(SCC(=O)Nc3nc(-c4ccc(C)cc4)cs3)n2CC)cc1. The number of thioether (sulfide) groups is 1. The third-order valence-corrected chi connectivity index (χ3v) is 7.22. The molecule has 0 saturated carbocycles. The van der Waals surface area contributed by atoms with E-state index < -0.39 is 0 Å². The highest BCUT2D eigenvalue weighted by Gasteiger charge is 2.20. The van der Waals surface area contributed by atoms with Gasteiger partial charge in [-0.05, 0) is 44.9 Å². The fourth-order valence-electron chi connectivity index (χ4n) is 3.54. The maximum atomic E-state index is 12.6. The number of aromatic nitrogens is 4. The molecule has 1 N–H and O–H groups in total. The number of ether oxygens (including phenoxy) is 1. The predicted octanol–water partition coefficient (Wildman–Crippen LogP) is 6.16. The van der Waals surface area contributed by atoms with E-state index in [-0.39, 0.29) is 17.8 Å². The fourth-order valence-corrected chi connectivity index (χ4v) is 5.08. The summed E-state index contributed by atoms with van der Waals surface area (Å²) in [6.07, 6.45) is 0.721. The highest BCUT2D eigenvalue weighted by Crippen LogP contribution is 2.27. The van der Waals surface area contributed by atoms with E-state index >= 15 is 0 Å². The minimum absolute atomic E-state index is 0.132. The Kier molecular flexibility index (Phi) is 8.20. The number of carbonyl (C=O) groups excluding carboxylic acids is 1. The van der Waals surface area contributed by atoms with Crippen LogP contribution in [0.25, 0.3) is 11.3 Å². The molecule has 0 aliphatic heterocycles. The van der Waals surface area contributed by atoms with Crippen molar-refractivity contribution in [3.05, 3.63) is 70.9 Å². The van der Waals surface area contributed by atoms with Gasteiger partial charge in [-0.2, -0.15) is 0 Å². The number of anilines is 1. The van der Waals surface area contributed by atoms with Gasteiger partial charge in [0.2, 0.25) is 5.91 Å². The van der Waals surface area contributed by atoms with Crippen molar-refractivity contribution < 1.29 is 9.53 Å².